The van der Waals surface area contributed by atoms with E-state index in [0.717, 1.165) is 38.8 Å². The summed E-state index contributed by atoms with van der Waals surface area (Å²) in [4.78, 5) is 6.87. The maximum atomic E-state index is 5.82. The molecule has 1 spiro atoms. The molecular weight excluding hydrogens is 362 g/mol. The van der Waals surface area contributed by atoms with E-state index in [1.165, 1.54) is 29.5 Å². The van der Waals surface area contributed by atoms with Crippen molar-refractivity contribution in [2.45, 2.75) is 32.6 Å². The van der Waals surface area contributed by atoms with E-state index in [0.29, 0.717) is 18.6 Å². The Morgan fingerprint density at radius 1 is 1.03 bits per heavy atom. The van der Waals surface area contributed by atoms with Crippen molar-refractivity contribution in [1.29, 1.82) is 0 Å². The van der Waals surface area contributed by atoms with Crippen molar-refractivity contribution in [3.8, 4) is 0 Å². The van der Waals surface area contributed by atoms with Crippen LogP contribution in [0, 0.1) is 5.41 Å². The van der Waals surface area contributed by atoms with Gasteiger partial charge in [0.2, 0.25) is 0 Å². The van der Waals surface area contributed by atoms with Crippen LogP contribution in [0.3, 0.4) is 0 Å². The quantitative estimate of drug-likeness (QED) is 0.602. The highest BCUT2D eigenvalue weighted by atomic mass is 16.5. The zero-order valence-corrected chi connectivity index (χ0v) is 17.3. The van der Waals surface area contributed by atoms with Crippen molar-refractivity contribution < 1.29 is 9.47 Å². The molecule has 2 saturated heterocycles. The topological polar surface area (TPSA) is 46.1 Å². The highest BCUT2D eigenvalue weighted by molar-refractivity contribution is 5.80. The minimum atomic E-state index is 0.346. The zero-order valence-electron chi connectivity index (χ0n) is 17.3. The molecule has 2 fully saturated rings. The summed E-state index contributed by atoms with van der Waals surface area (Å²) in [5.41, 5.74) is 3.99. The molecule has 5 heteroatoms. The Morgan fingerprint density at radius 3 is 2.45 bits per heavy atom. The lowest BCUT2D eigenvalue weighted by atomic mass is 9.87. The SMILES string of the molecule is CN=C(NCc1ccc(COCc2ccccc2)cc1)N1CCC2(CCOC2)C1. The van der Waals surface area contributed by atoms with Crippen LogP contribution < -0.4 is 5.32 Å². The molecule has 2 aromatic rings. The Labute approximate surface area is 173 Å². The first-order chi connectivity index (χ1) is 14.3. The van der Waals surface area contributed by atoms with Crippen LogP contribution in [-0.4, -0.2) is 44.2 Å². The lowest BCUT2D eigenvalue weighted by Crippen LogP contribution is -2.41. The van der Waals surface area contributed by atoms with Gasteiger partial charge >= 0.3 is 0 Å². The Bertz CT molecular complexity index is 799. The fourth-order valence-electron chi connectivity index (χ4n) is 4.22. The van der Waals surface area contributed by atoms with Gasteiger partial charge in [0.15, 0.2) is 5.96 Å². The van der Waals surface area contributed by atoms with Crippen LogP contribution in [0.15, 0.2) is 59.6 Å². The van der Waals surface area contributed by atoms with Crippen LogP contribution in [0.5, 0.6) is 0 Å². The van der Waals surface area contributed by atoms with Crippen LogP contribution in [0.25, 0.3) is 0 Å². The molecule has 2 aliphatic rings. The van der Waals surface area contributed by atoms with E-state index in [1.807, 2.05) is 25.2 Å². The van der Waals surface area contributed by atoms with Gasteiger partial charge in [0.25, 0.3) is 0 Å². The van der Waals surface area contributed by atoms with Crippen molar-refractivity contribution in [2.75, 3.05) is 33.4 Å². The lowest BCUT2D eigenvalue weighted by Gasteiger charge is -2.25. The number of likely N-dealkylation sites (tertiary alicyclic amines) is 1. The van der Waals surface area contributed by atoms with E-state index >= 15 is 0 Å². The molecule has 2 heterocycles. The lowest BCUT2D eigenvalue weighted by molar-refractivity contribution is 0.107. The fourth-order valence-corrected chi connectivity index (χ4v) is 4.22. The van der Waals surface area contributed by atoms with Crippen LogP contribution in [-0.2, 0) is 29.2 Å². The summed E-state index contributed by atoms with van der Waals surface area (Å²) in [7, 11) is 1.87. The first kappa shape index (κ1) is 19.9. The molecule has 0 radical (unpaired) electrons. The predicted molar refractivity (Wildman–Crippen MR) is 116 cm³/mol. The van der Waals surface area contributed by atoms with Crippen molar-refractivity contribution >= 4 is 5.96 Å². The molecule has 1 N–H and O–H groups in total. The zero-order chi connectivity index (χ0) is 19.9. The summed E-state index contributed by atoms with van der Waals surface area (Å²) in [6.07, 6.45) is 2.37. The molecule has 5 nitrogen and oxygen atoms in total. The molecule has 1 atom stereocenters. The second-order valence-electron chi connectivity index (χ2n) is 8.17. The van der Waals surface area contributed by atoms with Crippen LogP contribution in [0.1, 0.15) is 29.5 Å². The van der Waals surface area contributed by atoms with Gasteiger partial charge in [0, 0.05) is 38.7 Å². The van der Waals surface area contributed by atoms with Gasteiger partial charge in [-0.1, -0.05) is 54.6 Å². The molecule has 0 amide bonds. The Morgan fingerprint density at radius 2 is 1.76 bits per heavy atom. The van der Waals surface area contributed by atoms with Crippen molar-refractivity contribution in [3.63, 3.8) is 0 Å². The summed E-state index contributed by atoms with van der Waals surface area (Å²) < 4.78 is 11.5. The minimum Gasteiger partial charge on any atom is -0.381 e. The third kappa shape index (κ3) is 5.17. The standard InChI is InChI=1S/C24H31N3O2/c1-25-23(27-13-11-24(18-27)12-14-28-19-24)26-15-20-7-9-22(10-8-20)17-29-16-21-5-3-2-4-6-21/h2-10H,11-19H2,1H3,(H,25,26). The molecule has 2 aliphatic heterocycles. The van der Waals surface area contributed by atoms with E-state index in [4.69, 9.17) is 9.47 Å². The number of nitrogens with zero attached hydrogens (tertiary/aromatic N) is 2. The Kier molecular flexibility index (Phi) is 6.47. The van der Waals surface area contributed by atoms with Gasteiger partial charge in [-0.3, -0.25) is 4.99 Å². The fraction of sp³-hybridized carbons (Fsp3) is 0.458. The predicted octanol–water partition coefficient (Wildman–Crippen LogP) is 3.59. The van der Waals surface area contributed by atoms with Crippen molar-refractivity contribution in [2.24, 2.45) is 10.4 Å². The van der Waals surface area contributed by atoms with Gasteiger partial charge < -0.3 is 19.7 Å². The largest absolute Gasteiger partial charge is 0.381 e. The van der Waals surface area contributed by atoms with Gasteiger partial charge in [0.05, 0.1) is 19.8 Å². The van der Waals surface area contributed by atoms with Gasteiger partial charge in [-0.15, -0.1) is 0 Å². The van der Waals surface area contributed by atoms with E-state index in [-0.39, 0.29) is 0 Å². The summed E-state index contributed by atoms with van der Waals surface area (Å²) in [6.45, 7) is 5.95. The number of aliphatic imine (C=N–C) groups is 1. The third-order valence-electron chi connectivity index (χ3n) is 5.99. The summed E-state index contributed by atoms with van der Waals surface area (Å²) >= 11 is 0. The normalized spacial score (nSPS) is 21.8. The molecule has 0 saturated carbocycles. The van der Waals surface area contributed by atoms with Gasteiger partial charge in [-0.2, -0.15) is 0 Å². The van der Waals surface area contributed by atoms with Crippen LogP contribution in [0.4, 0.5) is 0 Å². The number of benzene rings is 2. The molecule has 0 aromatic heterocycles. The summed E-state index contributed by atoms with van der Waals surface area (Å²) in [6, 6.07) is 18.9. The van der Waals surface area contributed by atoms with E-state index in [2.05, 4.69) is 51.6 Å². The monoisotopic (exact) mass is 393 g/mol. The van der Waals surface area contributed by atoms with Crippen molar-refractivity contribution in [3.05, 3.63) is 71.3 Å². The van der Waals surface area contributed by atoms with Crippen molar-refractivity contribution in [1.82, 2.24) is 10.2 Å². The average molecular weight is 394 g/mol. The molecule has 2 aromatic carbocycles. The van der Waals surface area contributed by atoms with Crippen LogP contribution in [0.2, 0.25) is 0 Å². The third-order valence-corrected chi connectivity index (χ3v) is 5.99. The van der Waals surface area contributed by atoms with Gasteiger partial charge in [0.1, 0.15) is 0 Å². The van der Waals surface area contributed by atoms with Gasteiger partial charge in [-0.05, 0) is 29.5 Å². The van der Waals surface area contributed by atoms with Crippen LogP contribution >= 0.6 is 0 Å². The molecule has 0 aliphatic carbocycles. The first-order valence-electron chi connectivity index (χ1n) is 10.5. The minimum absolute atomic E-state index is 0.346. The number of hydrogen-bond donors (Lipinski definition) is 1. The smallest absolute Gasteiger partial charge is 0.193 e. The Hall–Kier alpha value is -2.37. The summed E-state index contributed by atoms with van der Waals surface area (Å²) in [5.74, 6) is 0.990. The highest BCUT2D eigenvalue weighted by Gasteiger charge is 2.42. The molecule has 29 heavy (non-hydrogen) atoms. The number of rotatable bonds is 6. The first-order valence-corrected chi connectivity index (χ1v) is 10.5. The number of guanidine groups is 1. The number of nitrogens with one attached hydrogen (secondary N) is 1. The molecule has 0 bridgehead atoms. The maximum absolute atomic E-state index is 5.82. The average Bonchev–Trinajstić information content (AvgIpc) is 3.40. The number of hydrogen-bond acceptors (Lipinski definition) is 3. The van der Waals surface area contributed by atoms with E-state index < -0.39 is 0 Å². The Balaban J connectivity index is 1.23. The molecule has 1 unspecified atom stereocenters. The maximum Gasteiger partial charge on any atom is 0.193 e. The molecule has 4 rings (SSSR count). The second-order valence-corrected chi connectivity index (χ2v) is 8.17. The van der Waals surface area contributed by atoms with E-state index in [1.54, 1.807) is 0 Å². The molecule has 154 valence electrons. The van der Waals surface area contributed by atoms with Gasteiger partial charge in [-0.25, -0.2) is 0 Å². The number of ether oxygens (including phenoxy) is 2. The molecular formula is C24H31N3O2. The second kappa shape index (κ2) is 9.42. The summed E-state index contributed by atoms with van der Waals surface area (Å²) in [5, 5.41) is 3.52. The van der Waals surface area contributed by atoms with E-state index in [9.17, 15) is 0 Å². The highest BCUT2D eigenvalue weighted by Crippen LogP contribution is 2.38.